The van der Waals surface area contributed by atoms with Crippen molar-refractivity contribution < 1.29 is 27.9 Å². The minimum absolute atomic E-state index is 0.110. The number of carboxylic acids is 1. The van der Waals surface area contributed by atoms with E-state index in [0.29, 0.717) is 17.8 Å². The molecule has 0 amide bonds. The van der Waals surface area contributed by atoms with Crippen LogP contribution in [0.2, 0.25) is 0 Å². The average molecular weight is 595 g/mol. The molecule has 0 spiro atoms. The third kappa shape index (κ3) is 4.92. The van der Waals surface area contributed by atoms with E-state index in [1.54, 1.807) is 12.1 Å². The minimum Gasteiger partial charge on any atom is -0.489 e. The molecule has 2 unspecified atom stereocenters. The van der Waals surface area contributed by atoms with Gasteiger partial charge in [-0.1, -0.05) is 22.6 Å². The molecule has 8 nitrogen and oxygen atoms in total. The lowest BCUT2D eigenvalue weighted by Gasteiger charge is -2.39. The van der Waals surface area contributed by atoms with E-state index in [1.807, 2.05) is 13.8 Å². The zero-order valence-electron chi connectivity index (χ0n) is 23.4. The van der Waals surface area contributed by atoms with Crippen LogP contribution in [0.5, 0.6) is 5.75 Å². The molecular weight excluding hydrogens is 562 g/mol. The number of fused-ring (bicyclic) bond motifs is 3. The Kier molecular flexibility index (Phi) is 6.89. The molecular formula is C31H32F2N4O4S. The van der Waals surface area contributed by atoms with E-state index in [9.17, 15) is 18.7 Å². The van der Waals surface area contributed by atoms with E-state index in [-0.39, 0.29) is 47.0 Å². The van der Waals surface area contributed by atoms with Gasteiger partial charge < -0.3 is 24.6 Å². The number of carbonyl (C=O) groups is 1. The van der Waals surface area contributed by atoms with Crippen molar-refractivity contribution in [1.29, 1.82) is 0 Å². The summed E-state index contributed by atoms with van der Waals surface area (Å²) in [4.78, 5) is 19.1. The lowest BCUT2D eigenvalue weighted by molar-refractivity contribution is 0.0696. The molecule has 2 saturated heterocycles. The Bertz CT molecular complexity index is 1630. The summed E-state index contributed by atoms with van der Waals surface area (Å²) in [5.74, 6) is -0.811. The molecule has 4 heterocycles. The van der Waals surface area contributed by atoms with Crippen molar-refractivity contribution in [3.8, 4) is 17.0 Å². The molecule has 0 radical (unpaired) electrons. The second-order valence-electron chi connectivity index (χ2n) is 11.9. The summed E-state index contributed by atoms with van der Waals surface area (Å²) in [6, 6.07) is 7.86. The van der Waals surface area contributed by atoms with Crippen LogP contribution in [0.3, 0.4) is 0 Å². The number of hydrogen-bond donors (Lipinski definition) is 2. The first-order valence-electron chi connectivity index (χ1n) is 14.6. The summed E-state index contributed by atoms with van der Waals surface area (Å²) in [7, 11) is 0. The fourth-order valence-corrected chi connectivity index (χ4v) is 7.71. The van der Waals surface area contributed by atoms with Gasteiger partial charge in [0.15, 0.2) is 5.13 Å². The number of ether oxygens (including phenoxy) is 1. The fraction of sp³-hybridized carbons (Fsp3) is 0.452. The molecule has 1 aliphatic carbocycles. The molecule has 2 atom stereocenters. The van der Waals surface area contributed by atoms with Gasteiger partial charge in [-0.3, -0.25) is 0 Å². The van der Waals surface area contributed by atoms with Crippen LogP contribution in [-0.2, 0) is 6.54 Å². The molecule has 3 fully saturated rings. The van der Waals surface area contributed by atoms with Crippen LogP contribution in [0.25, 0.3) is 21.5 Å². The standard InChI is InChI=1S/C31H32F2N4O4S/c1-15(2)40-24-10-17(30(38)39)11-25-28(24)35-31(42-25)37-19-8-9-20(37)13-18(12-19)34-14-21-27(36-41-29(21)16-6-7-16)26-22(32)4-3-5-23(26)33/h3-5,10-11,15-16,18-20,34H,6-9,12-14H2,1-2H3,(H,38,39). The molecule has 220 valence electrons. The molecule has 1 saturated carbocycles. The van der Waals surface area contributed by atoms with Crippen molar-refractivity contribution >= 4 is 32.7 Å². The fourth-order valence-electron chi connectivity index (χ4n) is 6.55. The van der Waals surface area contributed by atoms with Gasteiger partial charge in [-0.25, -0.2) is 18.6 Å². The lowest BCUT2D eigenvalue weighted by Crippen LogP contribution is -2.49. The van der Waals surface area contributed by atoms with Crippen molar-refractivity contribution in [3.05, 3.63) is 58.9 Å². The topological polar surface area (TPSA) is 101 Å². The Morgan fingerprint density at radius 2 is 1.88 bits per heavy atom. The summed E-state index contributed by atoms with van der Waals surface area (Å²) in [5.41, 5.74) is 1.74. The van der Waals surface area contributed by atoms with Crippen molar-refractivity contribution in [2.75, 3.05) is 4.90 Å². The van der Waals surface area contributed by atoms with Crippen LogP contribution in [0.1, 0.15) is 80.0 Å². The summed E-state index contributed by atoms with van der Waals surface area (Å²) < 4.78 is 41.8. The second kappa shape index (κ2) is 10.6. The van der Waals surface area contributed by atoms with Gasteiger partial charge in [-0.05, 0) is 76.6 Å². The lowest BCUT2D eigenvalue weighted by atomic mass is 9.97. The Morgan fingerprint density at radius 1 is 1.17 bits per heavy atom. The van der Waals surface area contributed by atoms with E-state index in [4.69, 9.17) is 14.2 Å². The van der Waals surface area contributed by atoms with Gasteiger partial charge in [0.05, 0.1) is 21.9 Å². The van der Waals surface area contributed by atoms with E-state index < -0.39 is 17.6 Å². The van der Waals surface area contributed by atoms with Crippen molar-refractivity contribution in [1.82, 2.24) is 15.5 Å². The number of aromatic carboxylic acids is 1. The Labute approximate surface area is 245 Å². The number of anilines is 1. The van der Waals surface area contributed by atoms with Crippen molar-refractivity contribution in [3.63, 3.8) is 0 Å². The molecule has 11 heteroatoms. The highest BCUT2D eigenvalue weighted by Gasteiger charge is 2.42. The number of nitrogens with zero attached hydrogens (tertiary/aromatic N) is 3. The maximum atomic E-state index is 14.7. The van der Waals surface area contributed by atoms with E-state index in [1.165, 1.54) is 29.5 Å². The van der Waals surface area contributed by atoms with Gasteiger partial charge in [0.25, 0.3) is 0 Å². The number of benzene rings is 2. The first kappa shape index (κ1) is 27.3. The van der Waals surface area contributed by atoms with E-state index >= 15 is 0 Å². The second-order valence-corrected chi connectivity index (χ2v) is 12.9. The number of rotatable bonds is 9. The molecule has 2 aromatic carbocycles. The predicted molar refractivity (Wildman–Crippen MR) is 155 cm³/mol. The highest BCUT2D eigenvalue weighted by Crippen LogP contribution is 2.46. The molecule has 4 aromatic rings. The van der Waals surface area contributed by atoms with Crippen LogP contribution in [0.4, 0.5) is 13.9 Å². The molecule has 7 rings (SSSR count). The van der Waals surface area contributed by atoms with Crippen LogP contribution < -0.4 is 15.0 Å². The summed E-state index contributed by atoms with van der Waals surface area (Å²) in [5, 5.41) is 18.3. The number of carboxylic acid groups (broad SMARTS) is 1. The van der Waals surface area contributed by atoms with Crippen LogP contribution in [-0.4, -0.2) is 45.4 Å². The van der Waals surface area contributed by atoms with Crippen molar-refractivity contribution in [2.24, 2.45) is 0 Å². The van der Waals surface area contributed by atoms with Gasteiger partial charge in [0.2, 0.25) is 0 Å². The highest BCUT2D eigenvalue weighted by atomic mass is 32.1. The largest absolute Gasteiger partial charge is 0.489 e. The van der Waals surface area contributed by atoms with Gasteiger partial charge in [0, 0.05) is 36.2 Å². The predicted octanol–water partition coefficient (Wildman–Crippen LogP) is 6.88. The quantitative estimate of drug-likeness (QED) is 0.216. The first-order chi connectivity index (χ1) is 20.3. The number of halogens is 2. The SMILES string of the molecule is CC(C)Oc1cc(C(=O)O)cc2sc(N3C4CCC3CC(NCc3c(-c5c(F)cccc5F)noc3C3CC3)C4)nc12. The normalized spacial score (nSPS) is 21.9. The van der Waals surface area contributed by atoms with Crippen LogP contribution in [0, 0.1) is 11.6 Å². The monoisotopic (exact) mass is 594 g/mol. The third-order valence-electron chi connectivity index (χ3n) is 8.55. The maximum absolute atomic E-state index is 14.7. The number of aromatic nitrogens is 2. The highest BCUT2D eigenvalue weighted by molar-refractivity contribution is 7.22. The third-order valence-corrected chi connectivity index (χ3v) is 9.56. The average Bonchev–Trinajstić information content (AvgIpc) is 3.46. The number of hydrogen-bond acceptors (Lipinski definition) is 8. The van der Waals surface area contributed by atoms with E-state index in [2.05, 4.69) is 15.4 Å². The number of piperidine rings is 1. The number of nitrogens with one attached hydrogen (secondary N) is 1. The smallest absolute Gasteiger partial charge is 0.335 e. The van der Waals surface area contributed by atoms with Gasteiger partial charge in [-0.2, -0.15) is 0 Å². The summed E-state index contributed by atoms with van der Waals surface area (Å²) >= 11 is 1.51. The molecule has 2 bridgehead atoms. The van der Waals surface area contributed by atoms with Crippen LogP contribution >= 0.6 is 11.3 Å². The maximum Gasteiger partial charge on any atom is 0.335 e. The summed E-state index contributed by atoms with van der Waals surface area (Å²) in [6.07, 6.45) is 5.75. The Morgan fingerprint density at radius 3 is 2.52 bits per heavy atom. The van der Waals surface area contributed by atoms with Crippen LogP contribution in [0.15, 0.2) is 34.9 Å². The van der Waals surface area contributed by atoms with E-state index in [0.717, 1.165) is 59.7 Å². The molecule has 2 aromatic heterocycles. The summed E-state index contributed by atoms with van der Waals surface area (Å²) in [6.45, 7) is 4.25. The zero-order chi connectivity index (χ0) is 29.1. The molecule has 2 aliphatic heterocycles. The van der Waals surface area contributed by atoms with Gasteiger partial charge in [0.1, 0.15) is 34.4 Å². The Hall–Kier alpha value is -3.57. The van der Waals surface area contributed by atoms with Gasteiger partial charge >= 0.3 is 5.97 Å². The first-order valence-corrected chi connectivity index (χ1v) is 15.4. The zero-order valence-corrected chi connectivity index (χ0v) is 24.2. The number of thiazole rings is 1. The molecule has 2 N–H and O–H groups in total. The van der Waals surface area contributed by atoms with Gasteiger partial charge in [-0.15, -0.1) is 0 Å². The molecule has 3 aliphatic rings. The molecule has 42 heavy (non-hydrogen) atoms. The van der Waals surface area contributed by atoms with Crippen molar-refractivity contribution in [2.45, 2.75) is 89.1 Å². The minimum atomic E-state index is -0.994. The Balaban J connectivity index is 1.11.